The van der Waals surface area contributed by atoms with Gasteiger partial charge < -0.3 is 0 Å². The van der Waals surface area contributed by atoms with Crippen molar-refractivity contribution in [2.45, 2.75) is 45.6 Å². The van der Waals surface area contributed by atoms with Crippen LogP contribution in [0.25, 0.3) is 0 Å². The van der Waals surface area contributed by atoms with Gasteiger partial charge in [0.15, 0.2) is 0 Å². The van der Waals surface area contributed by atoms with E-state index in [1.165, 1.54) is 5.56 Å². The Morgan fingerprint density at radius 3 is 2.21 bits per heavy atom. The van der Waals surface area contributed by atoms with Crippen LogP contribution in [0.3, 0.4) is 0 Å². The molecule has 1 rings (SSSR count). The van der Waals surface area contributed by atoms with Crippen molar-refractivity contribution in [1.29, 1.82) is 0 Å². The molecule has 0 saturated heterocycles. The van der Waals surface area contributed by atoms with Crippen LogP contribution in [0.1, 0.15) is 50.3 Å². The van der Waals surface area contributed by atoms with Crippen LogP contribution in [0.5, 0.6) is 0 Å². The van der Waals surface area contributed by atoms with Gasteiger partial charge >= 0.3 is 0 Å². The summed E-state index contributed by atoms with van der Waals surface area (Å²) < 4.78 is 0. The van der Waals surface area contributed by atoms with E-state index >= 15 is 0 Å². The predicted molar refractivity (Wildman–Crippen MR) is 58.8 cm³/mol. The zero-order valence-corrected chi connectivity index (χ0v) is 9.12. The Hall–Kier alpha value is -0.820. The van der Waals surface area contributed by atoms with Gasteiger partial charge in [-0.2, -0.15) is 0 Å². The Bertz CT molecular complexity index is 250. The first-order valence-electron chi connectivity index (χ1n) is 5.52. The highest BCUT2D eigenvalue weighted by atomic mass is 16.3. The second-order valence-electron chi connectivity index (χ2n) is 3.77. The molecule has 0 heterocycles. The molecule has 0 aliphatic rings. The van der Waals surface area contributed by atoms with Crippen molar-refractivity contribution in [1.82, 2.24) is 0 Å². The van der Waals surface area contributed by atoms with Crippen molar-refractivity contribution >= 4 is 0 Å². The van der Waals surface area contributed by atoms with Gasteiger partial charge in [-0.3, -0.25) is 0 Å². The van der Waals surface area contributed by atoms with Crippen LogP contribution < -0.4 is 0 Å². The number of hydrogen-bond acceptors (Lipinski definition) is 0. The molecule has 1 radical (unpaired) electrons. The van der Waals surface area contributed by atoms with Crippen LogP contribution in [0, 0.1) is 0 Å². The number of aryl methyl sites for hydroxylation is 1. The number of hydrogen-bond donors (Lipinski definition) is 0. The highest BCUT2D eigenvalue weighted by Crippen LogP contribution is 2.19. The summed E-state index contributed by atoms with van der Waals surface area (Å²) in [6, 6.07) is 8.13. The Kier molecular flexibility index (Phi) is 4.68. The van der Waals surface area contributed by atoms with Gasteiger partial charge in [0, 0.05) is 0 Å². The molecule has 1 atom stereocenters. The molecule has 0 amide bonds. The lowest BCUT2D eigenvalue weighted by Crippen LogP contribution is -1.95. The third kappa shape index (κ3) is 3.15. The van der Waals surface area contributed by atoms with E-state index in [0.29, 0.717) is 0 Å². The summed E-state index contributed by atoms with van der Waals surface area (Å²) >= 11 is 0. The van der Waals surface area contributed by atoms with E-state index in [1.54, 1.807) is 0 Å². The van der Waals surface area contributed by atoms with Crippen molar-refractivity contribution in [3.05, 3.63) is 35.4 Å². The van der Waals surface area contributed by atoms with Crippen molar-refractivity contribution in [2.24, 2.45) is 0 Å². The first kappa shape index (κ1) is 11.3. The largest absolute Gasteiger partial charge is 0.228 e. The summed E-state index contributed by atoms with van der Waals surface area (Å²) in [5.41, 5.74) is 2.27. The smallest absolute Gasteiger partial charge is 0.118 e. The minimum absolute atomic E-state index is 0.532. The second-order valence-corrected chi connectivity index (χ2v) is 3.77. The highest BCUT2D eigenvalue weighted by Gasteiger charge is 2.07. The third-order valence-electron chi connectivity index (χ3n) is 2.44. The molecule has 1 unspecified atom stereocenters. The zero-order chi connectivity index (χ0) is 10.4. The molecule has 0 aliphatic heterocycles. The van der Waals surface area contributed by atoms with Crippen molar-refractivity contribution in [2.75, 3.05) is 0 Å². The van der Waals surface area contributed by atoms with E-state index in [-0.39, 0.29) is 0 Å². The second kappa shape index (κ2) is 5.82. The Labute approximate surface area is 86.8 Å². The SMILES string of the molecule is CCCc1ccc(C([O])CCC)cc1. The maximum atomic E-state index is 11.6. The molecular formula is C13H19O. The average Bonchev–Trinajstić information content (AvgIpc) is 2.20. The molecule has 0 bridgehead atoms. The summed E-state index contributed by atoms with van der Waals surface area (Å²) in [5.74, 6) is 0. The van der Waals surface area contributed by atoms with Crippen LogP contribution in [-0.2, 0) is 11.5 Å². The fourth-order valence-corrected chi connectivity index (χ4v) is 1.62. The van der Waals surface area contributed by atoms with Gasteiger partial charge in [0.2, 0.25) is 0 Å². The van der Waals surface area contributed by atoms with Gasteiger partial charge in [-0.1, -0.05) is 51.0 Å². The summed E-state index contributed by atoms with van der Waals surface area (Å²) in [4.78, 5) is 0. The fourth-order valence-electron chi connectivity index (χ4n) is 1.62. The molecular weight excluding hydrogens is 172 g/mol. The fraction of sp³-hybridized carbons (Fsp3) is 0.538. The van der Waals surface area contributed by atoms with E-state index in [4.69, 9.17) is 0 Å². The van der Waals surface area contributed by atoms with E-state index in [0.717, 1.165) is 31.2 Å². The van der Waals surface area contributed by atoms with Gasteiger partial charge in [0.1, 0.15) is 6.10 Å². The molecule has 0 aromatic heterocycles. The summed E-state index contributed by atoms with van der Waals surface area (Å²) in [6.07, 6.45) is 3.45. The summed E-state index contributed by atoms with van der Waals surface area (Å²) in [6.45, 7) is 4.22. The van der Waals surface area contributed by atoms with Crippen molar-refractivity contribution in [3.63, 3.8) is 0 Å². The van der Waals surface area contributed by atoms with E-state index < -0.39 is 6.10 Å². The lowest BCUT2D eigenvalue weighted by atomic mass is 10.0. The minimum Gasteiger partial charge on any atom is -0.228 e. The lowest BCUT2D eigenvalue weighted by molar-refractivity contribution is 0.0805. The minimum atomic E-state index is -0.532. The van der Waals surface area contributed by atoms with Crippen LogP contribution in [-0.4, -0.2) is 0 Å². The average molecular weight is 191 g/mol. The molecule has 1 aromatic carbocycles. The standard InChI is InChI=1S/C13H19O/c1-3-5-11-7-9-12(10-8-11)13(14)6-4-2/h7-10,13H,3-6H2,1-2H3. The Morgan fingerprint density at radius 2 is 1.71 bits per heavy atom. The lowest BCUT2D eigenvalue weighted by Gasteiger charge is -2.07. The first-order valence-corrected chi connectivity index (χ1v) is 5.52. The maximum Gasteiger partial charge on any atom is 0.118 e. The van der Waals surface area contributed by atoms with Crippen LogP contribution in [0.2, 0.25) is 0 Å². The molecule has 1 nitrogen and oxygen atoms in total. The first-order chi connectivity index (χ1) is 6.77. The Morgan fingerprint density at radius 1 is 1.07 bits per heavy atom. The van der Waals surface area contributed by atoms with Gasteiger partial charge in [-0.05, 0) is 24.0 Å². The topological polar surface area (TPSA) is 19.9 Å². The molecule has 1 heteroatoms. The monoisotopic (exact) mass is 191 g/mol. The summed E-state index contributed by atoms with van der Waals surface area (Å²) in [5, 5.41) is 11.6. The van der Waals surface area contributed by atoms with Crippen LogP contribution in [0.4, 0.5) is 0 Å². The van der Waals surface area contributed by atoms with Crippen molar-refractivity contribution in [3.8, 4) is 0 Å². The number of rotatable bonds is 5. The Balaban J connectivity index is 2.62. The zero-order valence-electron chi connectivity index (χ0n) is 9.12. The summed E-state index contributed by atoms with van der Waals surface area (Å²) in [7, 11) is 0. The number of benzene rings is 1. The quantitative estimate of drug-likeness (QED) is 0.672. The van der Waals surface area contributed by atoms with Crippen molar-refractivity contribution < 1.29 is 5.11 Å². The maximum absolute atomic E-state index is 11.6. The van der Waals surface area contributed by atoms with Crippen LogP contribution >= 0.6 is 0 Å². The molecule has 0 fully saturated rings. The molecule has 14 heavy (non-hydrogen) atoms. The molecule has 0 aliphatic carbocycles. The van der Waals surface area contributed by atoms with Crippen LogP contribution in [0.15, 0.2) is 24.3 Å². The van der Waals surface area contributed by atoms with Gasteiger partial charge in [-0.15, -0.1) is 0 Å². The van der Waals surface area contributed by atoms with Gasteiger partial charge in [-0.25, -0.2) is 5.11 Å². The molecule has 1 aromatic rings. The van der Waals surface area contributed by atoms with Gasteiger partial charge in [0.25, 0.3) is 0 Å². The molecule has 0 saturated carbocycles. The molecule has 77 valence electrons. The highest BCUT2D eigenvalue weighted by molar-refractivity contribution is 5.24. The molecule has 0 spiro atoms. The molecule has 0 N–H and O–H groups in total. The normalized spacial score (nSPS) is 12.8. The predicted octanol–water partition coefficient (Wildman–Crippen LogP) is 3.91. The van der Waals surface area contributed by atoms with Gasteiger partial charge in [0.05, 0.1) is 0 Å². The third-order valence-corrected chi connectivity index (χ3v) is 2.44. The van der Waals surface area contributed by atoms with E-state index in [2.05, 4.69) is 26.0 Å². The van der Waals surface area contributed by atoms with E-state index in [9.17, 15) is 5.11 Å². The van der Waals surface area contributed by atoms with E-state index in [1.807, 2.05) is 12.1 Å².